The summed E-state index contributed by atoms with van der Waals surface area (Å²) in [5.41, 5.74) is 5.70. The van der Waals surface area contributed by atoms with Crippen LogP contribution in [-0.2, 0) is 0 Å². The molecule has 4 heteroatoms. The molecule has 0 atom stereocenters. The molecule has 0 unspecified atom stereocenters. The number of para-hydroxylation sites is 1. The Balaban J connectivity index is 2.26. The summed E-state index contributed by atoms with van der Waals surface area (Å²) in [6.45, 7) is 0.535. The molecule has 1 aliphatic rings. The first-order chi connectivity index (χ1) is 9.24. The van der Waals surface area contributed by atoms with E-state index < -0.39 is 0 Å². The van der Waals surface area contributed by atoms with Gasteiger partial charge in [0, 0.05) is 6.54 Å². The van der Waals surface area contributed by atoms with Crippen molar-refractivity contribution in [1.29, 1.82) is 0 Å². The van der Waals surface area contributed by atoms with Gasteiger partial charge in [-0.05, 0) is 37.8 Å². The summed E-state index contributed by atoms with van der Waals surface area (Å²) in [6, 6.07) is 5.68. The van der Waals surface area contributed by atoms with Crippen LogP contribution >= 0.6 is 0 Å². The van der Waals surface area contributed by atoms with Gasteiger partial charge in [0.1, 0.15) is 5.60 Å². The van der Waals surface area contributed by atoms with Crippen molar-refractivity contribution in [2.75, 3.05) is 20.8 Å². The van der Waals surface area contributed by atoms with Crippen molar-refractivity contribution < 1.29 is 14.2 Å². The zero-order chi connectivity index (χ0) is 13.7. The van der Waals surface area contributed by atoms with Crippen LogP contribution < -0.4 is 19.9 Å². The quantitative estimate of drug-likeness (QED) is 0.889. The van der Waals surface area contributed by atoms with E-state index in [0.29, 0.717) is 23.8 Å². The van der Waals surface area contributed by atoms with Gasteiger partial charge in [0.2, 0.25) is 5.75 Å². The molecule has 0 aromatic heterocycles. The Bertz CT molecular complexity index is 414. The molecule has 1 aromatic rings. The molecule has 19 heavy (non-hydrogen) atoms. The van der Waals surface area contributed by atoms with Gasteiger partial charge in [0.15, 0.2) is 11.5 Å². The summed E-state index contributed by atoms with van der Waals surface area (Å²) >= 11 is 0. The zero-order valence-corrected chi connectivity index (χ0v) is 11.8. The maximum Gasteiger partial charge on any atom is 0.203 e. The van der Waals surface area contributed by atoms with Gasteiger partial charge in [-0.3, -0.25) is 0 Å². The minimum Gasteiger partial charge on any atom is -0.493 e. The topological polar surface area (TPSA) is 53.7 Å². The van der Waals surface area contributed by atoms with E-state index in [2.05, 4.69) is 0 Å². The van der Waals surface area contributed by atoms with Crippen molar-refractivity contribution in [2.45, 2.75) is 37.7 Å². The predicted octanol–water partition coefficient (Wildman–Crippen LogP) is 2.74. The lowest BCUT2D eigenvalue weighted by atomic mass is 9.84. The third kappa shape index (κ3) is 2.95. The van der Waals surface area contributed by atoms with E-state index in [1.807, 2.05) is 18.2 Å². The number of benzene rings is 1. The highest BCUT2D eigenvalue weighted by Gasteiger charge is 2.33. The van der Waals surface area contributed by atoms with Crippen LogP contribution in [0.3, 0.4) is 0 Å². The van der Waals surface area contributed by atoms with E-state index in [0.717, 1.165) is 12.8 Å². The van der Waals surface area contributed by atoms with Gasteiger partial charge < -0.3 is 19.9 Å². The molecule has 1 aromatic carbocycles. The molecule has 0 saturated heterocycles. The summed E-state index contributed by atoms with van der Waals surface area (Å²) in [4.78, 5) is 0. The molecule has 2 rings (SSSR count). The van der Waals surface area contributed by atoms with Gasteiger partial charge in [0.25, 0.3) is 0 Å². The van der Waals surface area contributed by atoms with Gasteiger partial charge in [0.05, 0.1) is 14.2 Å². The van der Waals surface area contributed by atoms with E-state index in [4.69, 9.17) is 19.9 Å². The Kier molecular flexibility index (Phi) is 4.53. The Morgan fingerprint density at radius 3 is 2.32 bits per heavy atom. The number of methoxy groups -OCH3 is 2. The van der Waals surface area contributed by atoms with Crippen molar-refractivity contribution in [3.05, 3.63) is 18.2 Å². The van der Waals surface area contributed by atoms with Crippen LogP contribution in [0, 0.1) is 0 Å². The maximum atomic E-state index is 6.23. The molecule has 4 nitrogen and oxygen atoms in total. The zero-order valence-electron chi connectivity index (χ0n) is 11.8. The summed E-state index contributed by atoms with van der Waals surface area (Å²) in [5, 5.41) is 0. The molecule has 1 saturated carbocycles. The second kappa shape index (κ2) is 6.15. The van der Waals surface area contributed by atoms with E-state index in [1.54, 1.807) is 14.2 Å². The van der Waals surface area contributed by atoms with Crippen LogP contribution in [-0.4, -0.2) is 26.4 Å². The largest absolute Gasteiger partial charge is 0.493 e. The van der Waals surface area contributed by atoms with E-state index in [1.165, 1.54) is 19.3 Å². The lowest BCUT2D eigenvalue weighted by Crippen LogP contribution is -2.45. The molecule has 0 aliphatic heterocycles. The molecule has 2 N–H and O–H groups in total. The van der Waals surface area contributed by atoms with Crippen LogP contribution in [0.25, 0.3) is 0 Å². The second-order valence-corrected chi connectivity index (χ2v) is 5.04. The predicted molar refractivity (Wildman–Crippen MR) is 75.0 cm³/mol. The van der Waals surface area contributed by atoms with Crippen LogP contribution in [0.1, 0.15) is 32.1 Å². The van der Waals surface area contributed by atoms with E-state index >= 15 is 0 Å². The number of hydrogen-bond acceptors (Lipinski definition) is 4. The summed E-state index contributed by atoms with van der Waals surface area (Å²) in [7, 11) is 3.25. The van der Waals surface area contributed by atoms with E-state index in [9.17, 15) is 0 Å². The molecule has 0 spiro atoms. The minimum atomic E-state index is -0.252. The standard InChI is InChI=1S/C15H23NO3/c1-17-12-7-6-8-13(14(12)18-2)19-15(11-16)9-4-3-5-10-15/h6-8H,3-5,9-11,16H2,1-2H3. The number of rotatable bonds is 5. The Morgan fingerprint density at radius 1 is 1.05 bits per heavy atom. The van der Waals surface area contributed by atoms with Crippen LogP contribution in [0.2, 0.25) is 0 Å². The first-order valence-corrected chi connectivity index (χ1v) is 6.85. The van der Waals surface area contributed by atoms with Crippen LogP contribution in [0.5, 0.6) is 17.2 Å². The van der Waals surface area contributed by atoms with Gasteiger partial charge in [-0.25, -0.2) is 0 Å². The summed E-state index contributed by atoms with van der Waals surface area (Å²) in [5.74, 6) is 2.04. The van der Waals surface area contributed by atoms with Gasteiger partial charge in [-0.1, -0.05) is 12.5 Å². The third-order valence-corrected chi connectivity index (χ3v) is 3.83. The Hall–Kier alpha value is -1.42. The smallest absolute Gasteiger partial charge is 0.203 e. The van der Waals surface area contributed by atoms with E-state index in [-0.39, 0.29) is 5.60 Å². The lowest BCUT2D eigenvalue weighted by molar-refractivity contribution is 0.0358. The fraction of sp³-hybridized carbons (Fsp3) is 0.600. The first-order valence-electron chi connectivity index (χ1n) is 6.85. The average Bonchev–Trinajstić information content (AvgIpc) is 2.48. The van der Waals surface area contributed by atoms with Gasteiger partial charge in [-0.15, -0.1) is 0 Å². The number of hydrogen-bond donors (Lipinski definition) is 1. The molecule has 0 radical (unpaired) electrons. The highest BCUT2D eigenvalue weighted by atomic mass is 16.5. The summed E-state index contributed by atoms with van der Waals surface area (Å²) < 4.78 is 16.9. The molecule has 106 valence electrons. The maximum absolute atomic E-state index is 6.23. The monoisotopic (exact) mass is 265 g/mol. The number of ether oxygens (including phenoxy) is 3. The fourth-order valence-corrected chi connectivity index (χ4v) is 2.72. The minimum absolute atomic E-state index is 0.252. The molecule has 0 amide bonds. The molecular weight excluding hydrogens is 242 g/mol. The molecule has 1 aliphatic carbocycles. The second-order valence-electron chi connectivity index (χ2n) is 5.04. The highest BCUT2D eigenvalue weighted by molar-refractivity contribution is 5.51. The van der Waals surface area contributed by atoms with Gasteiger partial charge in [-0.2, -0.15) is 0 Å². The van der Waals surface area contributed by atoms with Gasteiger partial charge >= 0.3 is 0 Å². The molecule has 0 heterocycles. The molecule has 0 bridgehead atoms. The Morgan fingerprint density at radius 2 is 1.74 bits per heavy atom. The van der Waals surface area contributed by atoms with Crippen LogP contribution in [0.4, 0.5) is 0 Å². The van der Waals surface area contributed by atoms with Crippen LogP contribution in [0.15, 0.2) is 18.2 Å². The van der Waals surface area contributed by atoms with Crippen molar-refractivity contribution >= 4 is 0 Å². The summed E-state index contributed by atoms with van der Waals surface area (Å²) in [6.07, 6.45) is 5.61. The fourth-order valence-electron chi connectivity index (χ4n) is 2.72. The SMILES string of the molecule is COc1cccc(OC2(CN)CCCCC2)c1OC. The lowest BCUT2D eigenvalue weighted by Gasteiger charge is -2.37. The number of nitrogens with two attached hydrogens (primary N) is 1. The Labute approximate surface area is 114 Å². The highest BCUT2D eigenvalue weighted by Crippen LogP contribution is 2.41. The van der Waals surface area contributed by atoms with Crippen molar-refractivity contribution in [3.8, 4) is 17.2 Å². The van der Waals surface area contributed by atoms with Crippen molar-refractivity contribution in [3.63, 3.8) is 0 Å². The molecular formula is C15H23NO3. The average molecular weight is 265 g/mol. The third-order valence-electron chi connectivity index (χ3n) is 3.83. The van der Waals surface area contributed by atoms with Crippen molar-refractivity contribution in [1.82, 2.24) is 0 Å². The molecule has 1 fully saturated rings. The first kappa shape index (κ1) is 14.0. The normalized spacial score (nSPS) is 17.8. The van der Waals surface area contributed by atoms with Crippen molar-refractivity contribution in [2.24, 2.45) is 5.73 Å².